The molecular weight excluding hydrogens is 264 g/mol. The Bertz CT molecular complexity index is 598. The van der Waals surface area contributed by atoms with Gasteiger partial charge in [0.25, 0.3) is 0 Å². The molecule has 1 atom stereocenters. The highest BCUT2D eigenvalue weighted by Gasteiger charge is 2.20. The van der Waals surface area contributed by atoms with Crippen LogP contribution >= 0.6 is 11.6 Å². The minimum Gasteiger partial charge on any atom is -0.374 e. The van der Waals surface area contributed by atoms with E-state index in [1.807, 2.05) is 22.8 Å². The fraction of sp³-hybridized carbons (Fsp3) is 0.462. The Morgan fingerprint density at radius 3 is 3.16 bits per heavy atom. The summed E-state index contributed by atoms with van der Waals surface area (Å²) in [6.45, 7) is 3.34. The normalized spacial score (nSPS) is 21.1. The molecule has 0 bridgehead atoms. The Kier molecular flexibility index (Phi) is 3.35. The average molecular weight is 281 g/mol. The van der Waals surface area contributed by atoms with Crippen molar-refractivity contribution in [2.45, 2.75) is 12.6 Å². The van der Waals surface area contributed by atoms with Crippen molar-refractivity contribution in [3.63, 3.8) is 0 Å². The number of benzene rings is 1. The van der Waals surface area contributed by atoms with Crippen LogP contribution in [0.4, 0.5) is 5.95 Å². The van der Waals surface area contributed by atoms with Gasteiger partial charge in [0.15, 0.2) is 0 Å². The molecule has 0 spiro atoms. The van der Waals surface area contributed by atoms with Crippen LogP contribution in [0.25, 0.3) is 11.0 Å². The number of halogens is 1. The quantitative estimate of drug-likeness (QED) is 0.908. The third-order valence-corrected chi connectivity index (χ3v) is 3.70. The van der Waals surface area contributed by atoms with Gasteiger partial charge in [0.2, 0.25) is 5.95 Å². The molecule has 1 unspecified atom stereocenters. The second kappa shape index (κ2) is 5.00. The summed E-state index contributed by atoms with van der Waals surface area (Å²) in [7, 11) is 2.10. The van der Waals surface area contributed by atoms with Gasteiger partial charge >= 0.3 is 0 Å². The van der Waals surface area contributed by atoms with E-state index in [0.29, 0.717) is 17.5 Å². The average Bonchev–Trinajstić information content (AvgIpc) is 2.66. The van der Waals surface area contributed by atoms with E-state index >= 15 is 0 Å². The number of hydrogen-bond donors (Lipinski definition) is 1. The molecule has 5 nitrogen and oxygen atoms in total. The molecule has 0 aliphatic carbocycles. The van der Waals surface area contributed by atoms with Gasteiger partial charge < -0.3 is 19.9 Å². The number of nitrogen functional groups attached to an aromatic ring is 1. The summed E-state index contributed by atoms with van der Waals surface area (Å²) >= 11 is 6.04. The number of likely N-dealkylation sites (N-methyl/N-ethyl adjacent to an activating group) is 1. The van der Waals surface area contributed by atoms with E-state index in [1.54, 1.807) is 0 Å². The van der Waals surface area contributed by atoms with E-state index in [2.05, 4.69) is 16.9 Å². The summed E-state index contributed by atoms with van der Waals surface area (Å²) in [5, 5.41) is 0.690. The summed E-state index contributed by atoms with van der Waals surface area (Å²) in [5.74, 6) is 0.508. The van der Waals surface area contributed by atoms with Crippen LogP contribution in [-0.2, 0) is 11.3 Å². The number of anilines is 1. The van der Waals surface area contributed by atoms with Crippen LogP contribution < -0.4 is 5.73 Å². The van der Waals surface area contributed by atoms with Crippen molar-refractivity contribution in [1.82, 2.24) is 14.5 Å². The van der Waals surface area contributed by atoms with E-state index in [4.69, 9.17) is 22.1 Å². The fourth-order valence-electron chi connectivity index (χ4n) is 2.49. The monoisotopic (exact) mass is 280 g/mol. The molecule has 0 radical (unpaired) electrons. The van der Waals surface area contributed by atoms with E-state index in [0.717, 1.165) is 30.7 Å². The predicted octanol–water partition coefficient (Wildman–Crippen LogP) is 1.60. The zero-order valence-electron chi connectivity index (χ0n) is 10.8. The molecule has 102 valence electrons. The molecule has 6 heteroatoms. The van der Waals surface area contributed by atoms with Crippen molar-refractivity contribution in [1.29, 1.82) is 0 Å². The van der Waals surface area contributed by atoms with Gasteiger partial charge in [-0.25, -0.2) is 4.98 Å². The van der Waals surface area contributed by atoms with Crippen LogP contribution in [0, 0.1) is 0 Å². The lowest BCUT2D eigenvalue weighted by Crippen LogP contribution is -2.42. The second-order valence-corrected chi connectivity index (χ2v) is 5.41. The molecule has 1 aliphatic rings. The van der Waals surface area contributed by atoms with Crippen molar-refractivity contribution in [2.24, 2.45) is 0 Å². The number of ether oxygens (including phenoxy) is 1. The topological polar surface area (TPSA) is 56.3 Å². The Morgan fingerprint density at radius 1 is 1.53 bits per heavy atom. The summed E-state index contributed by atoms with van der Waals surface area (Å²) in [6, 6.07) is 5.61. The van der Waals surface area contributed by atoms with E-state index in [1.165, 1.54) is 0 Å². The molecule has 0 amide bonds. The number of rotatable bonds is 2. The first-order valence-corrected chi connectivity index (χ1v) is 6.72. The minimum absolute atomic E-state index is 0.137. The Balaban J connectivity index is 1.91. The van der Waals surface area contributed by atoms with Crippen molar-refractivity contribution < 1.29 is 4.74 Å². The van der Waals surface area contributed by atoms with Gasteiger partial charge in [-0.2, -0.15) is 0 Å². The Hall–Kier alpha value is -1.30. The van der Waals surface area contributed by atoms with E-state index in [-0.39, 0.29) is 6.10 Å². The number of imidazole rings is 1. The first-order valence-electron chi connectivity index (χ1n) is 6.35. The summed E-state index contributed by atoms with van der Waals surface area (Å²) in [6.07, 6.45) is 0.137. The van der Waals surface area contributed by atoms with Crippen LogP contribution in [0.5, 0.6) is 0 Å². The molecule has 1 fully saturated rings. The molecule has 1 aromatic heterocycles. The highest BCUT2D eigenvalue weighted by Crippen LogP contribution is 2.23. The lowest BCUT2D eigenvalue weighted by molar-refractivity contribution is -0.0267. The summed E-state index contributed by atoms with van der Waals surface area (Å²) in [4.78, 5) is 6.61. The third kappa shape index (κ3) is 2.54. The number of hydrogen-bond acceptors (Lipinski definition) is 4. The van der Waals surface area contributed by atoms with Crippen molar-refractivity contribution >= 4 is 28.6 Å². The Morgan fingerprint density at radius 2 is 2.37 bits per heavy atom. The number of nitrogens with two attached hydrogens (primary N) is 1. The molecule has 19 heavy (non-hydrogen) atoms. The van der Waals surface area contributed by atoms with E-state index < -0.39 is 0 Å². The van der Waals surface area contributed by atoms with Crippen molar-refractivity contribution in [3.8, 4) is 0 Å². The molecule has 0 saturated carbocycles. The molecule has 1 aliphatic heterocycles. The fourth-order valence-corrected chi connectivity index (χ4v) is 2.65. The van der Waals surface area contributed by atoms with Gasteiger partial charge in [-0.15, -0.1) is 0 Å². The zero-order valence-corrected chi connectivity index (χ0v) is 11.6. The van der Waals surface area contributed by atoms with Gasteiger partial charge in [-0.05, 0) is 25.2 Å². The summed E-state index contributed by atoms with van der Waals surface area (Å²) < 4.78 is 7.75. The highest BCUT2D eigenvalue weighted by molar-refractivity contribution is 6.31. The SMILES string of the molecule is CN1CCOC(Cn2c(N)nc3ccc(Cl)cc32)C1. The minimum atomic E-state index is 0.137. The lowest BCUT2D eigenvalue weighted by Gasteiger charge is -2.30. The predicted molar refractivity (Wildman–Crippen MR) is 76.4 cm³/mol. The van der Waals surface area contributed by atoms with Crippen LogP contribution in [-0.4, -0.2) is 47.3 Å². The van der Waals surface area contributed by atoms with Crippen LogP contribution in [0.1, 0.15) is 0 Å². The largest absolute Gasteiger partial charge is 0.374 e. The smallest absolute Gasteiger partial charge is 0.201 e. The number of fused-ring (bicyclic) bond motifs is 1. The highest BCUT2D eigenvalue weighted by atomic mass is 35.5. The maximum absolute atomic E-state index is 6.04. The molecule has 2 aromatic rings. The number of nitrogens with zero attached hydrogens (tertiary/aromatic N) is 3. The molecule has 2 N–H and O–H groups in total. The van der Waals surface area contributed by atoms with Crippen LogP contribution in [0.3, 0.4) is 0 Å². The number of aromatic nitrogens is 2. The molecule has 2 heterocycles. The first kappa shape index (κ1) is 12.7. The second-order valence-electron chi connectivity index (χ2n) is 4.97. The van der Waals surface area contributed by atoms with Gasteiger partial charge in [0.05, 0.1) is 30.3 Å². The van der Waals surface area contributed by atoms with E-state index in [9.17, 15) is 0 Å². The Labute approximate surface area is 116 Å². The molecular formula is C13H17ClN4O. The maximum atomic E-state index is 6.04. The van der Waals surface area contributed by atoms with Crippen LogP contribution in [0.15, 0.2) is 18.2 Å². The summed E-state index contributed by atoms with van der Waals surface area (Å²) in [5.41, 5.74) is 7.82. The van der Waals surface area contributed by atoms with Crippen molar-refractivity contribution in [2.75, 3.05) is 32.5 Å². The van der Waals surface area contributed by atoms with Gasteiger partial charge in [0.1, 0.15) is 0 Å². The molecule has 1 aromatic carbocycles. The van der Waals surface area contributed by atoms with Crippen molar-refractivity contribution in [3.05, 3.63) is 23.2 Å². The third-order valence-electron chi connectivity index (χ3n) is 3.47. The first-order chi connectivity index (χ1) is 9.13. The molecule has 1 saturated heterocycles. The van der Waals surface area contributed by atoms with Crippen LogP contribution in [0.2, 0.25) is 5.02 Å². The van der Waals surface area contributed by atoms with Gasteiger partial charge in [-0.1, -0.05) is 11.6 Å². The zero-order chi connectivity index (χ0) is 13.4. The maximum Gasteiger partial charge on any atom is 0.201 e. The number of morpholine rings is 1. The van der Waals surface area contributed by atoms with Gasteiger partial charge in [0, 0.05) is 18.1 Å². The standard InChI is InChI=1S/C13H17ClN4O/c1-17-4-5-19-10(7-17)8-18-12-6-9(14)2-3-11(12)16-13(18)15/h2-3,6,10H,4-5,7-8H2,1H3,(H2,15,16). The lowest BCUT2D eigenvalue weighted by atomic mass is 10.2. The van der Waals surface area contributed by atoms with Gasteiger partial charge in [-0.3, -0.25) is 0 Å². The molecule has 3 rings (SSSR count).